The minimum absolute atomic E-state index is 1.00. The summed E-state index contributed by atoms with van der Waals surface area (Å²) in [6, 6.07) is 12.6. The molecule has 0 aliphatic rings. The van der Waals surface area contributed by atoms with Gasteiger partial charge in [-0.3, -0.25) is 0 Å². The van der Waals surface area contributed by atoms with Gasteiger partial charge < -0.3 is 0 Å². The zero-order chi connectivity index (χ0) is 12.1. The molecule has 0 fully saturated rings. The molecule has 0 atom stereocenters. The zero-order valence-electron chi connectivity index (χ0n) is 9.87. The highest BCUT2D eigenvalue weighted by atomic mass is 32.1. The van der Waals surface area contributed by atoms with Crippen LogP contribution in [0.1, 0.15) is 17.4 Å². The van der Waals surface area contributed by atoms with Gasteiger partial charge in [0.2, 0.25) is 0 Å². The summed E-state index contributed by atoms with van der Waals surface area (Å²) in [7, 11) is 0. The van der Waals surface area contributed by atoms with Crippen molar-refractivity contribution < 1.29 is 0 Å². The third kappa shape index (κ3) is 3.00. The maximum atomic E-state index is 3.01. The fourth-order valence-corrected chi connectivity index (χ4v) is 2.35. The van der Waals surface area contributed by atoms with Gasteiger partial charge in [-0.05, 0) is 55.5 Å². The van der Waals surface area contributed by atoms with Crippen LogP contribution in [-0.4, -0.2) is 0 Å². The third-order valence-corrected chi connectivity index (χ3v) is 3.35. The van der Waals surface area contributed by atoms with Crippen molar-refractivity contribution >= 4 is 11.3 Å². The summed E-state index contributed by atoms with van der Waals surface area (Å²) in [5.41, 5.74) is 2.25. The summed E-state index contributed by atoms with van der Waals surface area (Å²) in [6.45, 7) is 3.91. The number of thiophene rings is 1. The minimum atomic E-state index is 1.00. The SMILES string of the molecule is CC#CC#Cc1ccc(-c2ccc(C)s2)cc1. The predicted molar refractivity (Wildman–Crippen MR) is 74.8 cm³/mol. The Labute approximate surface area is 106 Å². The van der Waals surface area contributed by atoms with E-state index in [9.17, 15) is 0 Å². The molecule has 1 aromatic carbocycles. The van der Waals surface area contributed by atoms with Crippen LogP contribution in [-0.2, 0) is 0 Å². The Kier molecular flexibility index (Phi) is 3.66. The largest absolute Gasteiger partial charge is 0.141 e. The highest BCUT2D eigenvalue weighted by Gasteiger charge is 1.99. The highest BCUT2D eigenvalue weighted by Crippen LogP contribution is 2.27. The molecule has 0 aliphatic heterocycles. The molecule has 1 aromatic heterocycles. The molecule has 2 aromatic rings. The Bertz CT molecular complexity index is 622. The van der Waals surface area contributed by atoms with E-state index in [1.54, 1.807) is 6.92 Å². The van der Waals surface area contributed by atoms with E-state index in [2.05, 4.69) is 54.9 Å². The van der Waals surface area contributed by atoms with Gasteiger partial charge in [-0.25, -0.2) is 0 Å². The molecule has 0 aliphatic carbocycles. The summed E-state index contributed by atoms with van der Waals surface area (Å²) < 4.78 is 0. The fraction of sp³-hybridized carbons (Fsp3) is 0.125. The van der Waals surface area contributed by atoms with Gasteiger partial charge in [0, 0.05) is 15.3 Å². The molecule has 0 N–H and O–H groups in total. The maximum absolute atomic E-state index is 3.01. The van der Waals surface area contributed by atoms with E-state index >= 15 is 0 Å². The van der Waals surface area contributed by atoms with Crippen LogP contribution in [0.2, 0.25) is 0 Å². The molecule has 2 rings (SSSR count). The molecule has 1 heteroatoms. The van der Waals surface area contributed by atoms with E-state index in [4.69, 9.17) is 0 Å². The van der Waals surface area contributed by atoms with Crippen LogP contribution >= 0.6 is 11.3 Å². The number of benzene rings is 1. The Hall–Kier alpha value is -1.96. The molecule has 0 bridgehead atoms. The zero-order valence-corrected chi connectivity index (χ0v) is 10.7. The molecule has 0 unspecified atom stereocenters. The fourth-order valence-electron chi connectivity index (χ4n) is 1.47. The molecule has 0 nitrogen and oxygen atoms in total. The van der Waals surface area contributed by atoms with Gasteiger partial charge in [0.15, 0.2) is 0 Å². The lowest BCUT2D eigenvalue weighted by Gasteiger charge is -1.96. The summed E-state index contributed by atoms with van der Waals surface area (Å²) in [5.74, 6) is 11.3. The van der Waals surface area contributed by atoms with E-state index in [0.29, 0.717) is 0 Å². The molecule has 82 valence electrons. The lowest BCUT2D eigenvalue weighted by Crippen LogP contribution is -1.75. The van der Waals surface area contributed by atoms with Gasteiger partial charge in [0.1, 0.15) is 0 Å². The van der Waals surface area contributed by atoms with Crippen molar-refractivity contribution in [3.05, 3.63) is 46.8 Å². The summed E-state index contributed by atoms with van der Waals surface area (Å²) in [4.78, 5) is 2.64. The van der Waals surface area contributed by atoms with Crippen LogP contribution in [0.3, 0.4) is 0 Å². The molecular formula is C16H12S. The first-order valence-electron chi connectivity index (χ1n) is 5.39. The lowest BCUT2D eigenvalue weighted by molar-refractivity contribution is 1.63. The van der Waals surface area contributed by atoms with Crippen molar-refractivity contribution in [2.75, 3.05) is 0 Å². The molecule has 17 heavy (non-hydrogen) atoms. The minimum Gasteiger partial charge on any atom is -0.141 e. The average molecular weight is 236 g/mol. The summed E-state index contributed by atoms with van der Waals surface area (Å²) in [5, 5.41) is 0. The van der Waals surface area contributed by atoms with Crippen LogP contribution in [0.25, 0.3) is 10.4 Å². The van der Waals surface area contributed by atoms with Crippen molar-refractivity contribution in [2.45, 2.75) is 13.8 Å². The normalized spacial score (nSPS) is 8.82. The summed E-state index contributed by atoms with van der Waals surface area (Å²) >= 11 is 1.81. The second-order valence-electron chi connectivity index (χ2n) is 3.61. The number of hydrogen-bond acceptors (Lipinski definition) is 1. The quantitative estimate of drug-likeness (QED) is 0.654. The van der Waals surface area contributed by atoms with Crippen molar-refractivity contribution in [1.29, 1.82) is 0 Å². The first-order chi connectivity index (χ1) is 8.29. The van der Waals surface area contributed by atoms with E-state index in [-0.39, 0.29) is 0 Å². The Morgan fingerprint density at radius 2 is 1.71 bits per heavy atom. The van der Waals surface area contributed by atoms with Gasteiger partial charge >= 0.3 is 0 Å². The maximum Gasteiger partial charge on any atom is 0.0345 e. The van der Waals surface area contributed by atoms with Gasteiger partial charge in [0.25, 0.3) is 0 Å². The Balaban J connectivity index is 2.24. The first kappa shape index (κ1) is 11.5. The van der Waals surface area contributed by atoms with Crippen molar-refractivity contribution in [1.82, 2.24) is 0 Å². The van der Waals surface area contributed by atoms with E-state index in [1.807, 2.05) is 23.5 Å². The summed E-state index contributed by atoms with van der Waals surface area (Å²) in [6.07, 6.45) is 0. The Morgan fingerprint density at radius 1 is 0.941 bits per heavy atom. The van der Waals surface area contributed by atoms with Crippen LogP contribution in [0.5, 0.6) is 0 Å². The van der Waals surface area contributed by atoms with Crippen molar-refractivity contribution in [3.8, 4) is 34.1 Å². The smallest absolute Gasteiger partial charge is 0.0345 e. The second-order valence-corrected chi connectivity index (χ2v) is 4.90. The highest BCUT2D eigenvalue weighted by molar-refractivity contribution is 7.15. The Morgan fingerprint density at radius 3 is 2.29 bits per heavy atom. The molecule has 0 amide bonds. The first-order valence-corrected chi connectivity index (χ1v) is 6.21. The van der Waals surface area contributed by atoms with E-state index in [0.717, 1.165) is 5.56 Å². The molecular weight excluding hydrogens is 224 g/mol. The van der Waals surface area contributed by atoms with Gasteiger partial charge in [-0.15, -0.1) is 11.3 Å². The van der Waals surface area contributed by atoms with Crippen LogP contribution in [0.15, 0.2) is 36.4 Å². The van der Waals surface area contributed by atoms with Crippen molar-refractivity contribution in [2.24, 2.45) is 0 Å². The number of aryl methyl sites for hydroxylation is 1. The standard InChI is InChI=1S/C16H12S/c1-3-4-5-6-14-8-10-15(11-9-14)16-12-7-13(2)17-16/h7-12H,1-2H3. The lowest BCUT2D eigenvalue weighted by atomic mass is 10.1. The molecule has 0 radical (unpaired) electrons. The topological polar surface area (TPSA) is 0 Å². The predicted octanol–water partition coefficient (Wildman–Crippen LogP) is 4.10. The number of hydrogen-bond donors (Lipinski definition) is 0. The van der Waals surface area contributed by atoms with Crippen molar-refractivity contribution in [3.63, 3.8) is 0 Å². The van der Waals surface area contributed by atoms with E-state index in [1.165, 1.54) is 15.3 Å². The number of rotatable bonds is 1. The monoisotopic (exact) mass is 236 g/mol. The second kappa shape index (κ2) is 5.39. The van der Waals surface area contributed by atoms with Crippen LogP contribution in [0, 0.1) is 30.6 Å². The van der Waals surface area contributed by atoms with Gasteiger partial charge in [-0.2, -0.15) is 0 Å². The molecule has 0 spiro atoms. The van der Waals surface area contributed by atoms with Gasteiger partial charge in [0.05, 0.1) is 0 Å². The molecule has 0 saturated heterocycles. The van der Waals surface area contributed by atoms with Gasteiger partial charge in [-0.1, -0.05) is 24.0 Å². The average Bonchev–Trinajstić information content (AvgIpc) is 2.77. The van der Waals surface area contributed by atoms with E-state index < -0.39 is 0 Å². The van der Waals surface area contributed by atoms with Crippen LogP contribution in [0.4, 0.5) is 0 Å². The van der Waals surface area contributed by atoms with Crippen LogP contribution < -0.4 is 0 Å². The molecule has 1 heterocycles. The third-order valence-electron chi connectivity index (χ3n) is 2.30. The molecule has 0 saturated carbocycles.